The van der Waals surface area contributed by atoms with Crippen LogP contribution in [-0.4, -0.2) is 21.1 Å². The van der Waals surface area contributed by atoms with Gasteiger partial charge < -0.3 is 15.3 Å². The van der Waals surface area contributed by atoms with Crippen LogP contribution in [0.2, 0.25) is 10.0 Å². The molecule has 0 amide bonds. The molecular formula is C16H10Cl2O4. The highest BCUT2D eigenvalue weighted by atomic mass is 35.5. The predicted molar refractivity (Wildman–Crippen MR) is 80.0 cm³/mol. The molecule has 0 heterocycles. The van der Waals surface area contributed by atoms with Gasteiger partial charge in [-0.05, 0) is 35.9 Å². The Bertz CT molecular complexity index is 850. The molecule has 2 aliphatic rings. The van der Waals surface area contributed by atoms with E-state index in [1.807, 2.05) is 0 Å². The SMILES string of the molecule is O=C1c2ccc(Cl)cc2[C@@]2(O)[C@H](O)c3ccc(Cl)cc3[C@@]12O. The second-order valence-corrected chi connectivity index (χ2v) is 6.50. The monoisotopic (exact) mass is 336 g/mol. The van der Waals surface area contributed by atoms with Crippen molar-refractivity contribution in [2.24, 2.45) is 0 Å². The Morgan fingerprint density at radius 3 is 2.23 bits per heavy atom. The van der Waals surface area contributed by atoms with Crippen molar-refractivity contribution in [1.82, 2.24) is 0 Å². The molecule has 3 atom stereocenters. The Kier molecular flexibility index (Phi) is 2.64. The normalized spacial score (nSPS) is 31.9. The van der Waals surface area contributed by atoms with E-state index in [1.54, 1.807) is 0 Å². The van der Waals surface area contributed by atoms with Crippen LogP contribution in [-0.2, 0) is 11.2 Å². The minimum Gasteiger partial charge on any atom is -0.385 e. The molecule has 2 aliphatic carbocycles. The van der Waals surface area contributed by atoms with Crippen molar-refractivity contribution >= 4 is 29.0 Å². The second kappa shape index (κ2) is 4.10. The molecule has 0 fully saturated rings. The number of aliphatic hydroxyl groups excluding tert-OH is 1. The molecule has 0 saturated heterocycles. The van der Waals surface area contributed by atoms with E-state index < -0.39 is 23.1 Å². The fourth-order valence-electron chi connectivity index (χ4n) is 3.57. The number of benzene rings is 2. The molecule has 0 unspecified atom stereocenters. The lowest BCUT2D eigenvalue weighted by molar-refractivity contribution is -0.171. The number of carbonyl (C=O) groups is 1. The molecule has 0 aliphatic heterocycles. The number of fused-ring (bicyclic) bond motifs is 5. The van der Waals surface area contributed by atoms with Crippen LogP contribution in [0.4, 0.5) is 0 Å². The first-order chi connectivity index (χ1) is 10.3. The van der Waals surface area contributed by atoms with E-state index in [0.717, 1.165) is 0 Å². The number of Topliss-reactive ketones (excluding diaryl/α,β-unsaturated/α-hetero) is 1. The summed E-state index contributed by atoms with van der Waals surface area (Å²) in [4.78, 5) is 12.7. The van der Waals surface area contributed by atoms with E-state index in [2.05, 4.69) is 0 Å². The molecule has 0 saturated carbocycles. The topological polar surface area (TPSA) is 77.8 Å². The van der Waals surface area contributed by atoms with Crippen molar-refractivity contribution in [3.63, 3.8) is 0 Å². The molecule has 0 radical (unpaired) electrons. The third-order valence-corrected chi connectivity index (χ3v) is 5.08. The lowest BCUT2D eigenvalue weighted by Crippen LogP contribution is -2.48. The lowest BCUT2D eigenvalue weighted by atomic mass is 9.82. The van der Waals surface area contributed by atoms with Gasteiger partial charge in [0.15, 0.2) is 11.2 Å². The number of rotatable bonds is 0. The molecule has 112 valence electrons. The average Bonchev–Trinajstić information content (AvgIpc) is 2.77. The quantitative estimate of drug-likeness (QED) is 0.689. The van der Waals surface area contributed by atoms with Gasteiger partial charge in [0.2, 0.25) is 5.78 Å². The van der Waals surface area contributed by atoms with Gasteiger partial charge in [0, 0.05) is 26.7 Å². The maximum absolute atomic E-state index is 12.7. The number of ketones is 1. The van der Waals surface area contributed by atoms with Crippen LogP contribution in [0.15, 0.2) is 36.4 Å². The standard InChI is InChI=1S/C16H10Cl2O4/c17-7-1-3-9-11(5-7)15(21)14(20)10-4-2-8(18)6-12(10)16(15,22)13(9)19/h1-6,13,19,21-22H/t13-,15-,16-/m1/s1. The minimum absolute atomic E-state index is 0.118. The van der Waals surface area contributed by atoms with Crippen molar-refractivity contribution in [3.8, 4) is 0 Å². The molecule has 2 aromatic carbocycles. The largest absolute Gasteiger partial charge is 0.385 e. The van der Waals surface area contributed by atoms with Crippen LogP contribution >= 0.6 is 23.2 Å². The van der Waals surface area contributed by atoms with E-state index >= 15 is 0 Å². The maximum Gasteiger partial charge on any atom is 0.202 e. The Morgan fingerprint density at radius 2 is 1.55 bits per heavy atom. The van der Waals surface area contributed by atoms with Crippen LogP contribution in [0.25, 0.3) is 0 Å². The molecule has 4 rings (SSSR count). The van der Waals surface area contributed by atoms with Crippen molar-refractivity contribution in [1.29, 1.82) is 0 Å². The first-order valence-corrected chi connectivity index (χ1v) is 7.35. The summed E-state index contributed by atoms with van der Waals surface area (Å²) in [5.74, 6) is -0.679. The zero-order valence-electron chi connectivity index (χ0n) is 11.0. The van der Waals surface area contributed by atoms with Crippen LogP contribution in [0.1, 0.15) is 33.2 Å². The van der Waals surface area contributed by atoms with E-state index in [9.17, 15) is 20.1 Å². The molecular weight excluding hydrogens is 327 g/mol. The van der Waals surface area contributed by atoms with Crippen molar-refractivity contribution < 1.29 is 20.1 Å². The Balaban J connectivity index is 2.11. The molecule has 0 aromatic heterocycles. The van der Waals surface area contributed by atoms with Gasteiger partial charge >= 0.3 is 0 Å². The summed E-state index contributed by atoms with van der Waals surface area (Å²) in [5, 5.41) is 33.3. The number of aliphatic hydroxyl groups is 3. The Labute approximate surface area is 135 Å². The zero-order valence-corrected chi connectivity index (χ0v) is 12.6. The smallest absolute Gasteiger partial charge is 0.202 e. The van der Waals surface area contributed by atoms with Crippen molar-refractivity contribution in [2.45, 2.75) is 17.3 Å². The van der Waals surface area contributed by atoms with Crippen molar-refractivity contribution in [2.75, 3.05) is 0 Å². The van der Waals surface area contributed by atoms with Crippen LogP contribution in [0.3, 0.4) is 0 Å². The highest BCUT2D eigenvalue weighted by Crippen LogP contribution is 2.62. The predicted octanol–water partition coefficient (Wildman–Crippen LogP) is 2.31. The van der Waals surface area contributed by atoms with Crippen molar-refractivity contribution in [3.05, 3.63) is 68.7 Å². The summed E-state index contributed by atoms with van der Waals surface area (Å²) in [5.41, 5.74) is -3.82. The third-order valence-electron chi connectivity index (χ3n) is 4.61. The summed E-state index contributed by atoms with van der Waals surface area (Å²) < 4.78 is 0. The van der Waals surface area contributed by atoms with Gasteiger partial charge in [-0.3, -0.25) is 4.79 Å². The van der Waals surface area contributed by atoms with E-state index in [1.165, 1.54) is 36.4 Å². The van der Waals surface area contributed by atoms with Gasteiger partial charge in [-0.15, -0.1) is 0 Å². The number of hydrogen-bond acceptors (Lipinski definition) is 4. The molecule has 4 nitrogen and oxygen atoms in total. The summed E-state index contributed by atoms with van der Waals surface area (Å²) >= 11 is 11.9. The minimum atomic E-state index is -2.28. The van der Waals surface area contributed by atoms with Gasteiger partial charge in [-0.1, -0.05) is 29.3 Å². The molecule has 6 heteroatoms. The number of halogens is 2. The van der Waals surface area contributed by atoms with Crippen LogP contribution in [0, 0.1) is 0 Å². The summed E-state index contributed by atoms with van der Waals surface area (Å²) in [6, 6.07) is 8.74. The molecule has 2 aromatic rings. The fourth-order valence-corrected chi connectivity index (χ4v) is 3.91. The highest BCUT2D eigenvalue weighted by molar-refractivity contribution is 6.31. The maximum atomic E-state index is 12.7. The van der Waals surface area contributed by atoms with E-state index in [0.29, 0.717) is 10.0 Å². The second-order valence-electron chi connectivity index (χ2n) is 5.63. The summed E-state index contributed by atoms with van der Waals surface area (Å²) in [6.07, 6.45) is -1.46. The summed E-state index contributed by atoms with van der Waals surface area (Å²) in [7, 11) is 0. The van der Waals surface area contributed by atoms with Gasteiger partial charge in [0.25, 0.3) is 0 Å². The van der Waals surface area contributed by atoms with Gasteiger partial charge in [-0.25, -0.2) is 0 Å². The highest BCUT2D eigenvalue weighted by Gasteiger charge is 2.71. The van der Waals surface area contributed by atoms with Gasteiger partial charge in [-0.2, -0.15) is 0 Å². The fraction of sp³-hybridized carbons (Fsp3) is 0.188. The van der Waals surface area contributed by atoms with E-state index in [4.69, 9.17) is 23.2 Å². The first-order valence-electron chi connectivity index (χ1n) is 6.59. The number of hydrogen-bond donors (Lipinski definition) is 3. The van der Waals surface area contributed by atoms with Crippen LogP contribution < -0.4 is 0 Å². The van der Waals surface area contributed by atoms with E-state index in [-0.39, 0.29) is 22.3 Å². The Morgan fingerprint density at radius 1 is 0.955 bits per heavy atom. The number of carbonyl (C=O) groups excluding carboxylic acids is 1. The molecule has 3 N–H and O–H groups in total. The average molecular weight is 337 g/mol. The first kappa shape index (κ1) is 14.2. The third kappa shape index (κ3) is 1.33. The lowest BCUT2D eigenvalue weighted by Gasteiger charge is -2.33. The summed E-state index contributed by atoms with van der Waals surface area (Å²) in [6.45, 7) is 0. The molecule has 0 spiro atoms. The van der Waals surface area contributed by atoms with Gasteiger partial charge in [0.05, 0.1) is 0 Å². The zero-order chi connectivity index (χ0) is 15.9. The van der Waals surface area contributed by atoms with Crippen LogP contribution in [0.5, 0.6) is 0 Å². The molecule has 0 bridgehead atoms. The molecule has 22 heavy (non-hydrogen) atoms. The Hall–Kier alpha value is -1.43. The van der Waals surface area contributed by atoms with Gasteiger partial charge in [0.1, 0.15) is 6.10 Å².